The van der Waals surface area contributed by atoms with Crippen LogP contribution in [0.2, 0.25) is 0 Å². The highest BCUT2D eigenvalue weighted by Crippen LogP contribution is 2.33. The molecule has 1 heterocycles. The fraction of sp³-hybridized carbons (Fsp3) is 0.400. The third kappa shape index (κ3) is 3.13. The van der Waals surface area contributed by atoms with E-state index in [2.05, 4.69) is 24.0 Å². The molecule has 1 aromatic carbocycles. The van der Waals surface area contributed by atoms with Crippen LogP contribution in [0.1, 0.15) is 21.1 Å². The van der Waals surface area contributed by atoms with E-state index < -0.39 is 0 Å². The fourth-order valence-electron chi connectivity index (χ4n) is 2.08. The number of hydrogen-bond donors (Lipinski definition) is 0. The molecule has 19 heavy (non-hydrogen) atoms. The third-order valence-corrected chi connectivity index (χ3v) is 5.56. The van der Waals surface area contributed by atoms with Crippen LogP contribution in [-0.2, 0) is 11.8 Å². The SMILES string of the molecule is Cc1nc(CC(CCl)(CCl)c2ccccc2)sc1C. The average Bonchev–Trinajstić information content (AvgIpc) is 2.76. The highest BCUT2D eigenvalue weighted by atomic mass is 35.5. The molecule has 0 saturated heterocycles. The molecule has 2 rings (SSSR count). The van der Waals surface area contributed by atoms with Crippen LogP contribution in [0.15, 0.2) is 30.3 Å². The maximum atomic E-state index is 6.25. The van der Waals surface area contributed by atoms with Gasteiger partial charge in [0.1, 0.15) is 0 Å². The zero-order valence-electron chi connectivity index (χ0n) is 11.1. The Labute approximate surface area is 128 Å². The van der Waals surface area contributed by atoms with Crippen molar-refractivity contribution in [2.24, 2.45) is 0 Å². The van der Waals surface area contributed by atoms with Gasteiger partial charge in [0, 0.05) is 28.5 Å². The molecule has 1 aromatic heterocycles. The van der Waals surface area contributed by atoms with Crippen molar-refractivity contribution in [3.8, 4) is 0 Å². The van der Waals surface area contributed by atoms with E-state index in [1.54, 1.807) is 11.3 Å². The van der Waals surface area contributed by atoms with Gasteiger partial charge in [-0.2, -0.15) is 0 Å². The van der Waals surface area contributed by atoms with Crippen molar-refractivity contribution in [1.82, 2.24) is 4.98 Å². The normalized spacial score (nSPS) is 11.8. The van der Waals surface area contributed by atoms with Gasteiger partial charge in [0.15, 0.2) is 0 Å². The predicted molar refractivity (Wildman–Crippen MR) is 84.9 cm³/mol. The highest BCUT2D eigenvalue weighted by molar-refractivity contribution is 7.11. The van der Waals surface area contributed by atoms with Crippen LogP contribution in [0.25, 0.3) is 0 Å². The number of aryl methyl sites for hydroxylation is 2. The van der Waals surface area contributed by atoms with Crippen molar-refractivity contribution < 1.29 is 0 Å². The number of alkyl halides is 2. The summed E-state index contributed by atoms with van der Waals surface area (Å²) in [5, 5.41) is 1.11. The van der Waals surface area contributed by atoms with Crippen LogP contribution in [0.4, 0.5) is 0 Å². The Hall–Kier alpha value is -0.570. The van der Waals surface area contributed by atoms with Gasteiger partial charge < -0.3 is 0 Å². The summed E-state index contributed by atoms with van der Waals surface area (Å²) in [5.74, 6) is 0.996. The Morgan fingerprint density at radius 1 is 1.11 bits per heavy atom. The van der Waals surface area contributed by atoms with E-state index in [1.807, 2.05) is 25.1 Å². The molecule has 2 aromatic rings. The molecule has 0 atom stereocenters. The molecular weight excluding hydrogens is 297 g/mol. The summed E-state index contributed by atoms with van der Waals surface area (Å²) in [6.07, 6.45) is 0.795. The summed E-state index contributed by atoms with van der Waals surface area (Å²) in [5.41, 5.74) is 2.05. The quantitative estimate of drug-likeness (QED) is 0.728. The minimum absolute atomic E-state index is 0.235. The molecule has 0 saturated carbocycles. The molecular formula is C15H17Cl2NS. The first-order valence-electron chi connectivity index (χ1n) is 6.21. The van der Waals surface area contributed by atoms with Gasteiger partial charge in [-0.15, -0.1) is 34.5 Å². The summed E-state index contributed by atoms with van der Waals surface area (Å²) >= 11 is 14.2. The molecule has 0 aliphatic heterocycles. The first kappa shape index (κ1) is 14.8. The van der Waals surface area contributed by atoms with Gasteiger partial charge in [-0.1, -0.05) is 30.3 Å². The average molecular weight is 314 g/mol. The number of halogens is 2. The molecule has 102 valence electrons. The van der Waals surface area contributed by atoms with Crippen molar-refractivity contribution in [1.29, 1.82) is 0 Å². The third-order valence-electron chi connectivity index (χ3n) is 3.46. The molecule has 0 aliphatic carbocycles. The lowest BCUT2D eigenvalue weighted by Crippen LogP contribution is -2.33. The molecule has 1 nitrogen and oxygen atoms in total. The van der Waals surface area contributed by atoms with Crippen LogP contribution in [0.5, 0.6) is 0 Å². The number of rotatable bonds is 5. The van der Waals surface area contributed by atoms with E-state index in [4.69, 9.17) is 23.2 Å². The Morgan fingerprint density at radius 3 is 2.21 bits per heavy atom. The maximum Gasteiger partial charge on any atom is 0.0940 e. The number of thiazole rings is 1. The number of benzene rings is 1. The number of hydrogen-bond acceptors (Lipinski definition) is 2. The zero-order chi connectivity index (χ0) is 13.9. The van der Waals surface area contributed by atoms with Crippen LogP contribution >= 0.6 is 34.5 Å². The van der Waals surface area contributed by atoms with Crippen molar-refractivity contribution in [3.05, 3.63) is 51.5 Å². The Morgan fingerprint density at radius 2 is 1.74 bits per heavy atom. The maximum absolute atomic E-state index is 6.25. The van der Waals surface area contributed by atoms with Gasteiger partial charge in [-0.25, -0.2) is 4.98 Å². The summed E-state index contributed by atoms with van der Waals surface area (Å²) in [4.78, 5) is 5.88. The van der Waals surface area contributed by atoms with Gasteiger partial charge in [0.05, 0.1) is 10.7 Å². The first-order chi connectivity index (χ1) is 9.11. The van der Waals surface area contributed by atoms with Crippen LogP contribution in [0, 0.1) is 13.8 Å². The van der Waals surface area contributed by atoms with E-state index in [0.29, 0.717) is 11.8 Å². The molecule has 0 spiro atoms. The van der Waals surface area contributed by atoms with Crippen LogP contribution in [0.3, 0.4) is 0 Å². The second-order valence-corrected chi connectivity index (χ2v) is 6.66. The van der Waals surface area contributed by atoms with Crippen LogP contribution < -0.4 is 0 Å². The Kier molecular flexibility index (Phi) is 4.88. The smallest absolute Gasteiger partial charge is 0.0940 e. The Bertz CT molecular complexity index is 513. The lowest BCUT2D eigenvalue weighted by molar-refractivity contribution is 0.534. The molecule has 0 fully saturated rings. The van der Waals surface area contributed by atoms with Gasteiger partial charge in [0.25, 0.3) is 0 Å². The number of nitrogens with zero attached hydrogens (tertiary/aromatic N) is 1. The minimum atomic E-state index is -0.235. The lowest BCUT2D eigenvalue weighted by Gasteiger charge is -2.29. The molecule has 0 N–H and O–H groups in total. The number of aromatic nitrogens is 1. The largest absolute Gasteiger partial charge is 0.246 e. The standard InChI is InChI=1S/C15H17Cl2NS/c1-11-12(2)19-14(18-11)8-15(9-16,10-17)13-6-4-3-5-7-13/h3-7H,8-10H2,1-2H3. The van der Waals surface area contributed by atoms with Crippen molar-refractivity contribution >= 4 is 34.5 Å². The second-order valence-electron chi connectivity index (χ2n) is 4.84. The summed E-state index contributed by atoms with van der Waals surface area (Å²) in [6.45, 7) is 4.14. The molecule has 0 unspecified atom stereocenters. The monoisotopic (exact) mass is 313 g/mol. The Balaban J connectivity index is 2.35. The van der Waals surface area contributed by atoms with E-state index in [0.717, 1.165) is 17.1 Å². The fourth-order valence-corrected chi connectivity index (χ4v) is 3.94. The topological polar surface area (TPSA) is 12.9 Å². The summed E-state index contributed by atoms with van der Waals surface area (Å²) < 4.78 is 0. The van der Waals surface area contributed by atoms with Crippen molar-refractivity contribution in [2.45, 2.75) is 25.7 Å². The van der Waals surface area contributed by atoms with Gasteiger partial charge in [-0.05, 0) is 19.4 Å². The van der Waals surface area contributed by atoms with Gasteiger partial charge in [0.2, 0.25) is 0 Å². The lowest BCUT2D eigenvalue weighted by atomic mass is 9.81. The van der Waals surface area contributed by atoms with E-state index in [9.17, 15) is 0 Å². The highest BCUT2D eigenvalue weighted by Gasteiger charge is 2.32. The molecule has 4 heteroatoms. The molecule has 0 aliphatic rings. The predicted octanol–water partition coefficient (Wildman–Crippen LogP) is 4.72. The van der Waals surface area contributed by atoms with Crippen molar-refractivity contribution in [3.63, 3.8) is 0 Å². The van der Waals surface area contributed by atoms with E-state index in [1.165, 1.54) is 10.4 Å². The summed E-state index contributed by atoms with van der Waals surface area (Å²) in [6, 6.07) is 10.3. The van der Waals surface area contributed by atoms with Gasteiger partial charge >= 0.3 is 0 Å². The first-order valence-corrected chi connectivity index (χ1v) is 8.10. The second kappa shape index (κ2) is 6.25. The van der Waals surface area contributed by atoms with E-state index >= 15 is 0 Å². The van der Waals surface area contributed by atoms with E-state index in [-0.39, 0.29) is 5.41 Å². The summed E-state index contributed by atoms with van der Waals surface area (Å²) in [7, 11) is 0. The zero-order valence-corrected chi connectivity index (χ0v) is 13.4. The molecule has 0 bridgehead atoms. The molecule has 0 amide bonds. The van der Waals surface area contributed by atoms with Gasteiger partial charge in [-0.3, -0.25) is 0 Å². The molecule has 0 radical (unpaired) electrons. The minimum Gasteiger partial charge on any atom is -0.246 e. The van der Waals surface area contributed by atoms with Crippen LogP contribution in [-0.4, -0.2) is 16.7 Å². The van der Waals surface area contributed by atoms with Crippen molar-refractivity contribution in [2.75, 3.05) is 11.8 Å².